The van der Waals surface area contributed by atoms with Crippen LogP contribution in [-0.2, 0) is 11.8 Å². The Balaban J connectivity index is 1.41. The molecule has 0 bridgehead atoms. The van der Waals surface area contributed by atoms with Crippen molar-refractivity contribution in [1.82, 2.24) is 20.1 Å². The van der Waals surface area contributed by atoms with Crippen LogP contribution in [0.4, 0.5) is 4.39 Å². The predicted octanol–water partition coefficient (Wildman–Crippen LogP) is 4.39. The first-order valence-electron chi connectivity index (χ1n) is 10.9. The van der Waals surface area contributed by atoms with E-state index in [2.05, 4.69) is 29.4 Å². The summed E-state index contributed by atoms with van der Waals surface area (Å²) >= 11 is 1.31. The van der Waals surface area contributed by atoms with E-state index in [0.29, 0.717) is 29.9 Å². The number of hydrogen-bond acceptors (Lipinski definition) is 6. The third-order valence-electron chi connectivity index (χ3n) is 5.38. The summed E-state index contributed by atoms with van der Waals surface area (Å²) in [6.45, 7) is 5.39. The minimum atomic E-state index is -0.305. The number of nitrogens with zero attached hydrogens (tertiary/aromatic N) is 3. The first-order chi connectivity index (χ1) is 15.9. The maximum absolute atomic E-state index is 13.2. The number of carbonyl (C=O) groups excluding carboxylic acids is 1. The van der Waals surface area contributed by atoms with Gasteiger partial charge in [-0.25, -0.2) is 4.39 Å². The Morgan fingerprint density at radius 1 is 1.12 bits per heavy atom. The van der Waals surface area contributed by atoms with Gasteiger partial charge in [-0.15, -0.1) is 10.2 Å². The summed E-state index contributed by atoms with van der Waals surface area (Å²) in [5.74, 6) is 2.04. The minimum Gasteiger partial charge on any atom is -0.490 e. The molecule has 1 aromatic heterocycles. The molecule has 0 radical (unpaired) electrons. The third kappa shape index (κ3) is 5.47. The highest BCUT2D eigenvalue weighted by Crippen LogP contribution is 2.34. The number of thioether (sulfide) groups is 1. The number of rotatable bonds is 7. The van der Waals surface area contributed by atoms with Crippen molar-refractivity contribution in [3.63, 3.8) is 0 Å². The number of ether oxygens (including phenoxy) is 2. The number of amides is 1. The van der Waals surface area contributed by atoms with Gasteiger partial charge in [0.15, 0.2) is 22.5 Å². The van der Waals surface area contributed by atoms with Gasteiger partial charge in [-0.3, -0.25) is 4.79 Å². The molecule has 4 rings (SSSR count). The largest absolute Gasteiger partial charge is 0.490 e. The van der Waals surface area contributed by atoms with E-state index in [4.69, 9.17) is 9.47 Å². The molecule has 1 N–H and O–H groups in total. The summed E-state index contributed by atoms with van der Waals surface area (Å²) in [5, 5.41) is 12.1. The van der Waals surface area contributed by atoms with Gasteiger partial charge < -0.3 is 19.4 Å². The van der Waals surface area contributed by atoms with Crippen molar-refractivity contribution in [2.24, 2.45) is 13.0 Å². The van der Waals surface area contributed by atoms with Crippen molar-refractivity contribution >= 4 is 17.7 Å². The molecule has 0 aliphatic carbocycles. The summed E-state index contributed by atoms with van der Waals surface area (Å²) in [6, 6.07) is 11.8. The van der Waals surface area contributed by atoms with Gasteiger partial charge in [0, 0.05) is 19.0 Å². The fourth-order valence-corrected chi connectivity index (χ4v) is 4.37. The number of nitrogens with one attached hydrogen (secondary N) is 1. The molecule has 2 aromatic carbocycles. The van der Waals surface area contributed by atoms with Gasteiger partial charge >= 0.3 is 0 Å². The van der Waals surface area contributed by atoms with E-state index in [9.17, 15) is 9.18 Å². The second-order valence-electron chi connectivity index (χ2n) is 8.21. The van der Waals surface area contributed by atoms with Crippen molar-refractivity contribution in [2.75, 3.05) is 19.0 Å². The Morgan fingerprint density at radius 3 is 2.58 bits per heavy atom. The van der Waals surface area contributed by atoms with Crippen LogP contribution in [0.15, 0.2) is 47.6 Å². The van der Waals surface area contributed by atoms with E-state index in [1.165, 1.54) is 23.9 Å². The molecule has 0 spiro atoms. The molecule has 1 unspecified atom stereocenters. The summed E-state index contributed by atoms with van der Waals surface area (Å²) < 4.78 is 26.5. The van der Waals surface area contributed by atoms with E-state index >= 15 is 0 Å². The van der Waals surface area contributed by atoms with Crippen LogP contribution in [-0.4, -0.2) is 39.6 Å². The molecule has 1 atom stereocenters. The molecule has 174 valence electrons. The van der Waals surface area contributed by atoms with Crippen LogP contribution in [0.25, 0.3) is 11.4 Å². The van der Waals surface area contributed by atoms with Crippen LogP contribution in [0.5, 0.6) is 11.5 Å². The molecule has 33 heavy (non-hydrogen) atoms. The van der Waals surface area contributed by atoms with E-state index < -0.39 is 0 Å². The van der Waals surface area contributed by atoms with Gasteiger partial charge in [-0.05, 0) is 47.9 Å². The summed E-state index contributed by atoms with van der Waals surface area (Å²) in [5.41, 5.74) is 1.74. The monoisotopic (exact) mass is 470 g/mol. The molecule has 0 fully saturated rings. The van der Waals surface area contributed by atoms with E-state index in [-0.39, 0.29) is 29.4 Å². The topological polar surface area (TPSA) is 78.3 Å². The van der Waals surface area contributed by atoms with Crippen molar-refractivity contribution in [1.29, 1.82) is 0 Å². The molecule has 3 aromatic rings. The Kier molecular flexibility index (Phi) is 7.17. The van der Waals surface area contributed by atoms with E-state index in [1.54, 1.807) is 16.7 Å². The molecule has 9 heteroatoms. The Labute approximate surface area is 196 Å². The minimum absolute atomic E-state index is 0.0999. The highest BCUT2D eigenvalue weighted by Gasteiger charge is 2.22. The maximum Gasteiger partial charge on any atom is 0.230 e. The highest BCUT2D eigenvalue weighted by atomic mass is 32.2. The first kappa shape index (κ1) is 23.1. The maximum atomic E-state index is 13.2. The summed E-state index contributed by atoms with van der Waals surface area (Å²) in [7, 11) is 1.83. The van der Waals surface area contributed by atoms with Gasteiger partial charge in [0.2, 0.25) is 5.91 Å². The van der Waals surface area contributed by atoms with E-state index in [1.807, 2.05) is 25.2 Å². The molecule has 0 saturated carbocycles. The predicted molar refractivity (Wildman–Crippen MR) is 125 cm³/mol. The van der Waals surface area contributed by atoms with Crippen molar-refractivity contribution < 1.29 is 18.7 Å². The average molecular weight is 471 g/mol. The number of carbonyl (C=O) groups is 1. The fraction of sp³-hybridized carbons (Fsp3) is 0.375. The van der Waals surface area contributed by atoms with E-state index in [0.717, 1.165) is 23.3 Å². The zero-order valence-electron chi connectivity index (χ0n) is 18.9. The van der Waals surface area contributed by atoms with Gasteiger partial charge in [-0.1, -0.05) is 31.7 Å². The lowest BCUT2D eigenvalue weighted by atomic mass is 9.95. The standard InChI is InChI=1S/C24H27FN4O3S/c1-15(2)22(17-7-10-19-20(13-17)32-12-4-11-31-19)26-21(30)14-33-24-28-27-23(29(24)3)16-5-8-18(25)9-6-16/h5-10,13,15,22H,4,11-12,14H2,1-3H3,(H,26,30). The Morgan fingerprint density at radius 2 is 1.85 bits per heavy atom. The number of halogens is 1. The first-order valence-corrected chi connectivity index (χ1v) is 11.9. The van der Waals surface area contributed by atoms with Crippen molar-refractivity contribution in [3.05, 3.63) is 53.8 Å². The molecular formula is C24H27FN4O3S. The van der Waals surface area contributed by atoms with Crippen LogP contribution in [0.1, 0.15) is 31.9 Å². The third-order valence-corrected chi connectivity index (χ3v) is 6.40. The summed E-state index contributed by atoms with van der Waals surface area (Å²) in [4.78, 5) is 12.8. The van der Waals surface area contributed by atoms with Gasteiger partial charge in [-0.2, -0.15) is 0 Å². The van der Waals surface area contributed by atoms with Crippen LogP contribution in [0.2, 0.25) is 0 Å². The molecule has 0 saturated heterocycles. The number of fused-ring (bicyclic) bond motifs is 1. The lowest BCUT2D eigenvalue weighted by Crippen LogP contribution is -2.33. The molecule has 1 amide bonds. The Hall–Kier alpha value is -3.07. The normalized spacial score (nSPS) is 14.1. The smallest absolute Gasteiger partial charge is 0.230 e. The van der Waals surface area contributed by atoms with Crippen LogP contribution in [0, 0.1) is 11.7 Å². The molecule has 2 heterocycles. The van der Waals surface area contributed by atoms with Gasteiger partial charge in [0.1, 0.15) is 5.82 Å². The zero-order valence-corrected chi connectivity index (χ0v) is 19.7. The molecule has 1 aliphatic rings. The molecular weight excluding hydrogens is 443 g/mol. The quantitative estimate of drug-likeness (QED) is 0.516. The lowest BCUT2D eigenvalue weighted by molar-refractivity contribution is -0.119. The second kappa shape index (κ2) is 10.2. The SMILES string of the molecule is CC(C)C(NC(=O)CSc1nnc(-c2ccc(F)cc2)n1C)c1ccc2c(c1)OCCCO2. The van der Waals surface area contributed by atoms with Crippen molar-refractivity contribution in [3.8, 4) is 22.9 Å². The number of hydrogen-bond donors (Lipinski definition) is 1. The van der Waals surface area contributed by atoms with Gasteiger partial charge in [0.25, 0.3) is 0 Å². The number of aromatic nitrogens is 3. The van der Waals surface area contributed by atoms with Crippen LogP contribution < -0.4 is 14.8 Å². The lowest BCUT2D eigenvalue weighted by Gasteiger charge is -2.24. The average Bonchev–Trinajstić information content (AvgIpc) is 3.01. The zero-order chi connectivity index (χ0) is 23.4. The van der Waals surface area contributed by atoms with Crippen molar-refractivity contribution in [2.45, 2.75) is 31.5 Å². The highest BCUT2D eigenvalue weighted by molar-refractivity contribution is 7.99. The number of benzene rings is 2. The second-order valence-corrected chi connectivity index (χ2v) is 9.15. The van der Waals surface area contributed by atoms with Gasteiger partial charge in [0.05, 0.1) is 25.0 Å². The van der Waals surface area contributed by atoms with Crippen LogP contribution >= 0.6 is 11.8 Å². The molecule has 1 aliphatic heterocycles. The Bertz CT molecular complexity index is 1120. The van der Waals surface area contributed by atoms with Crippen LogP contribution in [0.3, 0.4) is 0 Å². The molecule has 7 nitrogen and oxygen atoms in total. The summed E-state index contributed by atoms with van der Waals surface area (Å²) in [6.07, 6.45) is 0.844. The fourth-order valence-electron chi connectivity index (χ4n) is 3.64.